The van der Waals surface area contributed by atoms with Crippen LogP contribution in [0.1, 0.15) is 5.56 Å². The van der Waals surface area contributed by atoms with E-state index in [0.717, 1.165) is 39.4 Å². The van der Waals surface area contributed by atoms with Crippen molar-refractivity contribution in [1.29, 1.82) is 0 Å². The number of rotatable bonds is 4. The maximum atomic E-state index is 4.70. The molecular formula is C23H18N6. The molecule has 3 aromatic heterocycles. The van der Waals surface area contributed by atoms with Crippen LogP contribution in [0.15, 0.2) is 79.3 Å². The lowest BCUT2D eigenvalue weighted by molar-refractivity contribution is 1.16. The zero-order valence-corrected chi connectivity index (χ0v) is 15.8. The summed E-state index contributed by atoms with van der Waals surface area (Å²) >= 11 is 0. The van der Waals surface area contributed by atoms with Crippen molar-refractivity contribution in [2.75, 3.05) is 5.32 Å². The van der Waals surface area contributed by atoms with Gasteiger partial charge in [0.2, 0.25) is 5.95 Å². The van der Waals surface area contributed by atoms with Crippen LogP contribution in [0.5, 0.6) is 0 Å². The van der Waals surface area contributed by atoms with Crippen molar-refractivity contribution in [3.8, 4) is 22.6 Å². The van der Waals surface area contributed by atoms with Crippen molar-refractivity contribution in [2.24, 2.45) is 0 Å². The summed E-state index contributed by atoms with van der Waals surface area (Å²) in [6, 6.07) is 20.0. The Morgan fingerprint density at radius 3 is 2.66 bits per heavy atom. The number of imidazole rings is 1. The van der Waals surface area contributed by atoms with Crippen molar-refractivity contribution >= 4 is 22.7 Å². The van der Waals surface area contributed by atoms with Crippen LogP contribution in [0.25, 0.3) is 33.7 Å². The summed E-state index contributed by atoms with van der Waals surface area (Å²) in [7, 11) is 0. The third-order valence-corrected chi connectivity index (χ3v) is 4.64. The van der Waals surface area contributed by atoms with Crippen molar-refractivity contribution in [3.05, 3.63) is 84.8 Å². The van der Waals surface area contributed by atoms with Gasteiger partial charge in [0.05, 0.1) is 16.7 Å². The van der Waals surface area contributed by atoms with E-state index >= 15 is 0 Å². The van der Waals surface area contributed by atoms with E-state index in [0.29, 0.717) is 5.95 Å². The highest BCUT2D eigenvalue weighted by molar-refractivity contribution is 5.83. The van der Waals surface area contributed by atoms with Gasteiger partial charge in [-0.3, -0.25) is 4.98 Å². The molecule has 0 radical (unpaired) electrons. The van der Waals surface area contributed by atoms with E-state index in [4.69, 9.17) is 4.98 Å². The number of hydrogen-bond donors (Lipinski definition) is 2. The van der Waals surface area contributed by atoms with Crippen LogP contribution in [0, 0.1) is 6.92 Å². The number of fused-ring (bicyclic) bond motifs is 1. The number of hydrogen-bond acceptors (Lipinski definition) is 5. The largest absolute Gasteiger partial charge is 0.338 e. The monoisotopic (exact) mass is 378 g/mol. The van der Waals surface area contributed by atoms with Gasteiger partial charge in [-0.15, -0.1) is 0 Å². The number of anilines is 2. The number of benzene rings is 2. The summed E-state index contributed by atoms with van der Waals surface area (Å²) in [4.78, 5) is 21.2. The summed E-state index contributed by atoms with van der Waals surface area (Å²) in [5.41, 5.74) is 6.80. The Kier molecular flexibility index (Phi) is 4.22. The molecule has 0 unspecified atom stereocenters. The summed E-state index contributed by atoms with van der Waals surface area (Å²) < 4.78 is 0. The van der Waals surface area contributed by atoms with E-state index in [2.05, 4.69) is 50.4 Å². The number of H-pyrrole nitrogens is 1. The first-order valence-electron chi connectivity index (χ1n) is 9.32. The van der Waals surface area contributed by atoms with Gasteiger partial charge in [0.25, 0.3) is 0 Å². The number of aryl methyl sites for hydroxylation is 1. The molecule has 5 rings (SSSR count). The smallest absolute Gasteiger partial charge is 0.227 e. The molecule has 0 saturated carbocycles. The molecule has 29 heavy (non-hydrogen) atoms. The van der Waals surface area contributed by atoms with Crippen molar-refractivity contribution in [2.45, 2.75) is 6.92 Å². The van der Waals surface area contributed by atoms with Gasteiger partial charge in [-0.2, -0.15) is 0 Å². The number of aromatic amines is 1. The maximum Gasteiger partial charge on any atom is 0.227 e. The molecule has 0 aliphatic heterocycles. The zero-order chi connectivity index (χ0) is 19.6. The summed E-state index contributed by atoms with van der Waals surface area (Å²) in [5.74, 6) is 1.39. The standard InChI is InChI=1S/C23H18N6/c1-15-4-2-5-16(12-15)22-27-20-8-7-18(13-21(20)28-22)26-23-25-11-9-19(29-23)17-6-3-10-24-14-17/h2-14H,1H3,(H,27,28)(H,25,26,29). The lowest BCUT2D eigenvalue weighted by Crippen LogP contribution is -1.97. The van der Waals surface area contributed by atoms with E-state index in [1.54, 1.807) is 18.6 Å². The Morgan fingerprint density at radius 2 is 1.79 bits per heavy atom. The fraction of sp³-hybridized carbons (Fsp3) is 0.0435. The van der Waals surface area contributed by atoms with Gasteiger partial charge in [0, 0.05) is 35.4 Å². The Bertz CT molecular complexity index is 1290. The molecule has 6 heteroatoms. The molecule has 5 aromatic rings. The van der Waals surface area contributed by atoms with Crippen LogP contribution >= 0.6 is 0 Å². The van der Waals surface area contributed by atoms with Crippen LogP contribution in [0.3, 0.4) is 0 Å². The molecule has 0 amide bonds. The summed E-state index contributed by atoms with van der Waals surface area (Å²) in [5, 5.41) is 3.27. The summed E-state index contributed by atoms with van der Waals surface area (Å²) in [6.45, 7) is 2.08. The van der Waals surface area contributed by atoms with Crippen LogP contribution in [0.2, 0.25) is 0 Å². The van der Waals surface area contributed by atoms with Gasteiger partial charge < -0.3 is 10.3 Å². The third kappa shape index (κ3) is 3.55. The van der Waals surface area contributed by atoms with Crippen LogP contribution in [0.4, 0.5) is 11.6 Å². The topological polar surface area (TPSA) is 79.4 Å². The fourth-order valence-corrected chi connectivity index (χ4v) is 3.24. The van der Waals surface area contributed by atoms with E-state index in [-0.39, 0.29) is 0 Å². The second-order valence-corrected chi connectivity index (χ2v) is 6.82. The molecule has 0 bridgehead atoms. The first-order valence-corrected chi connectivity index (χ1v) is 9.32. The fourth-order valence-electron chi connectivity index (χ4n) is 3.24. The molecule has 6 nitrogen and oxygen atoms in total. The minimum absolute atomic E-state index is 0.532. The third-order valence-electron chi connectivity index (χ3n) is 4.64. The average Bonchev–Trinajstić information content (AvgIpc) is 3.18. The number of aromatic nitrogens is 5. The molecule has 0 spiro atoms. The predicted molar refractivity (Wildman–Crippen MR) is 115 cm³/mol. The first-order chi connectivity index (χ1) is 14.2. The second kappa shape index (κ2) is 7.16. The molecule has 0 aliphatic rings. The van der Waals surface area contributed by atoms with E-state index in [9.17, 15) is 0 Å². The number of pyridine rings is 1. The van der Waals surface area contributed by atoms with Gasteiger partial charge in [-0.1, -0.05) is 23.8 Å². The second-order valence-electron chi connectivity index (χ2n) is 6.82. The lowest BCUT2D eigenvalue weighted by atomic mass is 10.1. The van der Waals surface area contributed by atoms with E-state index < -0.39 is 0 Å². The highest BCUT2D eigenvalue weighted by Gasteiger charge is 2.08. The molecule has 0 atom stereocenters. The molecule has 2 N–H and O–H groups in total. The molecule has 0 aliphatic carbocycles. The molecular weight excluding hydrogens is 360 g/mol. The highest BCUT2D eigenvalue weighted by Crippen LogP contribution is 2.25. The Hall–Kier alpha value is -4.06. The average molecular weight is 378 g/mol. The number of nitrogens with one attached hydrogen (secondary N) is 2. The molecule has 0 saturated heterocycles. The van der Waals surface area contributed by atoms with E-state index in [1.165, 1.54) is 5.56 Å². The van der Waals surface area contributed by atoms with Gasteiger partial charge in [-0.05, 0) is 49.4 Å². The van der Waals surface area contributed by atoms with Crippen molar-refractivity contribution in [3.63, 3.8) is 0 Å². The van der Waals surface area contributed by atoms with Gasteiger partial charge >= 0.3 is 0 Å². The quantitative estimate of drug-likeness (QED) is 0.453. The molecule has 3 heterocycles. The summed E-state index contributed by atoms with van der Waals surface area (Å²) in [6.07, 6.45) is 5.27. The minimum Gasteiger partial charge on any atom is -0.338 e. The Morgan fingerprint density at radius 1 is 0.862 bits per heavy atom. The van der Waals surface area contributed by atoms with Gasteiger partial charge in [-0.25, -0.2) is 15.0 Å². The number of nitrogens with zero attached hydrogens (tertiary/aromatic N) is 4. The van der Waals surface area contributed by atoms with E-state index in [1.807, 2.05) is 42.5 Å². The van der Waals surface area contributed by atoms with Gasteiger partial charge in [0.15, 0.2) is 0 Å². The maximum absolute atomic E-state index is 4.70. The minimum atomic E-state index is 0.532. The van der Waals surface area contributed by atoms with Crippen molar-refractivity contribution in [1.82, 2.24) is 24.9 Å². The zero-order valence-electron chi connectivity index (χ0n) is 15.8. The normalized spacial score (nSPS) is 10.9. The predicted octanol–water partition coefficient (Wildman–Crippen LogP) is 5.13. The first kappa shape index (κ1) is 17.1. The van der Waals surface area contributed by atoms with Gasteiger partial charge in [0.1, 0.15) is 5.82 Å². The molecule has 2 aromatic carbocycles. The Labute approximate surface area is 167 Å². The van der Waals surface area contributed by atoms with Crippen LogP contribution in [-0.2, 0) is 0 Å². The molecule has 0 fully saturated rings. The highest BCUT2D eigenvalue weighted by atomic mass is 15.1. The van der Waals surface area contributed by atoms with Crippen LogP contribution < -0.4 is 5.32 Å². The lowest BCUT2D eigenvalue weighted by Gasteiger charge is -2.06. The van der Waals surface area contributed by atoms with Crippen molar-refractivity contribution < 1.29 is 0 Å². The SMILES string of the molecule is Cc1cccc(-c2nc3ccc(Nc4nccc(-c5cccnc5)n4)cc3[nH]2)c1. The van der Waals surface area contributed by atoms with Crippen LogP contribution in [-0.4, -0.2) is 24.9 Å². The molecule has 140 valence electrons. The Balaban J connectivity index is 1.44.